The van der Waals surface area contributed by atoms with Gasteiger partial charge in [0, 0.05) is 11.5 Å². The van der Waals surface area contributed by atoms with Crippen LogP contribution in [0, 0.1) is 5.82 Å². The minimum absolute atomic E-state index is 0.0873. The standard InChI is InChI=1S/C13H18FN/c1-13(2,15)10-7-3-5-9-6-4-8-11(14)12(9)10/h4,6,8,10H,3,5,7,15H2,1-2H3. The zero-order valence-electron chi connectivity index (χ0n) is 9.39. The maximum absolute atomic E-state index is 13.8. The van der Waals surface area contributed by atoms with Crippen LogP contribution in [0.1, 0.15) is 43.7 Å². The number of aryl methyl sites for hydroxylation is 1. The first-order valence-electron chi connectivity index (χ1n) is 5.56. The predicted octanol–water partition coefficient (Wildman–Crippen LogP) is 2.98. The molecule has 1 atom stereocenters. The van der Waals surface area contributed by atoms with Crippen molar-refractivity contribution < 1.29 is 4.39 Å². The Morgan fingerprint density at radius 3 is 2.80 bits per heavy atom. The molecule has 0 bridgehead atoms. The van der Waals surface area contributed by atoms with Gasteiger partial charge in [0.2, 0.25) is 0 Å². The number of nitrogens with two attached hydrogens (primary N) is 1. The molecule has 82 valence electrons. The Hall–Kier alpha value is -0.890. The van der Waals surface area contributed by atoms with Crippen LogP contribution in [-0.4, -0.2) is 5.54 Å². The Bertz CT molecular complexity index is 365. The Labute approximate surface area is 90.5 Å². The fraction of sp³-hybridized carbons (Fsp3) is 0.538. The highest BCUT2D eigenvalue weighted by molar-refractivity contribution is 5.36. The van der Waals surface area contributed by atoms with Gasteiger partial charge in [-0.2, -0.15) is 0 Å². The van der Waals surface area contributed by atoms with Crippen molar-refractivity contribution in [2.75, 3.05) is 0 Å². The smallest absolute Gasteiger partial charge is 0.127 e. The van der Waals surface area contributed by atoms with E-state index in [1.54, 1.807) is 12.1 Å². The van der Waals surface area contributed by atoms with E-state index < -0.39 is 0 Å². The van der Waals surface area contributed by atoms with E-state index in [1.165, 1.54) is 0 Å². The molecule has 0 radical (unpaired) electrons. The lowest BCUT2D eigenvalue weighted by Crippen LogP contribution is -2.41. The van der Waals surface area contributed by atoms with Gasteiger partial charge in [0.15, 0.2) is 0 Å². The van der Waals surface area contributed by atoms with E-state index in [9.17, 15) is 4.39 Å². The van der Waals surface area contributed by atoms with Crippen molar-refractivity contribution in [1.82, 2.24) is 0 Å². The topological polar surface area (TPSA) is 26.0 Å². The Kier molecular flexibility index (Phi) is 2.55. The molecule has 0 aliphatic heterocycles. The highest BCUT2D eigenvalue weighted by Gasteiger charge is 2.32. The van der Waals surface area contributed by atoms with Crippen molar-refractivity contribution in [3.8, 4) is 0 Å². The van der Waals surface area contributed by atoms with E-state index in [0.29, 0.717) is 0 Å². The summed E-state index contributed by atoms with van der Waals surface area (Å²) >= 11 is 0. The first-order valence-corrected chi connectivity index (χ1v) is 5.56. The SMILES string of the molecule is CC(C)(N)C1CCCc2cccc(F)c21. The number of hydrogen-bond donors (Lipinski definition) is 1. The third kappa shape index (κ3) is 1.91. The molecule has 1 aromatic carbocycles. The summed E-state index contributed by atoms with van der Waals surface area (Å²) in [4.78, 5) is 0. The molecule has 1 unspecified atom stereocenters. The molecule has 1 aliphatic carbocycles. The first kappa shape index (κ1) is 10.6. The molecule has 0 heterocycles. The van der Waals surface area contributed by atoms with Crippen molar-refractivity contribution in [2.45, 2.75) is 44.6 Å². The lowest BCUT2D eigenvalue weighted by Gasteiger charge is -2.35. The fourth-order valence-electron chi connectivity index (χ4n) is 2.57. The number of benzene rings is 1. The van der Waals surface area contributed by atoms with Crippen LogP contribution < -0.4 is 5.73 Å². The summed E-state index contributed by atoms with van der Waals surface area (Å²) in [6.45, 7) is 3.97. The third-order valence-corrected chi connectivity index (χ3v) is 3.33. The van der Waals surface area contributed by atoms with Crippen LogP contribution in [-0.2, 0) is 6.42 Å². The van der Waals surface area contributed by atoms with E-state index in [1.807, 2.05) is 19.9 Å². The van der Waals surface area contributed by atoms with Gasteiger partial charge in [0.25, 0.3) is 0 Å². The lowest BCUT2D eigenvalue weighted by molar-refractivity contribution is 0.356. The van der Waals surface area contributed by atoms with Gasteiger partial charge in [-0.1, -0.05) is 12.1 Å². The molecule has 0 fully saturated rings. The van der Waals surface area contributed by atoms with Gasteiger partial charge < -0.3 is 5.73 Å². The fourth-order valence-corrected chi connectivity index (χ4v) is 2.57. The maximum Gasteiger partial charge on any atom is 0.127 e. The Morgan fingerprint density at radius 2 is 2.13 bits per heavy atom. The molecular formula is C13H18FN. The van der Waals surface area contributed by atoms with E-state index >= 15 is 0 Å². The summed E-state index contributed by atoms with van der Waals surface area (Å²) in [6, 6.07) is 5.36. The van der Waals surface area contributed by atoms with Gasteiger partial charge in [-0.15, -0.1) is 0 Å². The van der Waals surface area contributed by atoms with Gasteiger partial charge in [-0.25, -0.2) is 4.39 Å². The molecule has 1 aliphatic rings. The molecule has 1 nitrogen and oxygen atoms in total. The first-order chi connectivity index (χ1) is 7.00. The van der Waals surface area contributed by atoms with Crippen LogP contribution in [0.25, 0.3) is 0 Å². The summed E-state index contributed by atoms with van der Waals surface area (Å²) in [5.74, 6) is 0.0678. The summed E-state index contributed by atoms with van der Waals surface area (Å²) < 4.78 is 13.8. The minimum atomic E-state index is -0.336. The Balaban J connectivity index is 2.50. The summed E-state index contributed by atoms with van der Waals surface area (Å²) in [7, 11) is 0. The average molecular weight is 207 g/mol. The van der Waals surface area contributed by atoms with Crippen LogP contribution in [0.4, 0.5) is 4.39 Å². The predicted molar refractivity (Wildman–Crippen MR) is 60.3 cm³/mol. The average Bonchev–Trinajstić information content (AvgIpc) is 2.16. The van der Waals surface area contributed by atoms with Gasteiger partial charge in [-0.05, 0) is 50.3 Å². The highest BCUT2D eigenvalue weighted by Crippen LogP contribution is 2.38. The molecule has 0 saturated carbocycles. The molecule has 15 heavy (non-hydrogen) atoms. The normalized spacial score (nSPS) is 21.2. The molecule has 2 rings (SSSR count). The van der Waals surface area contributed by atoms with Crippen molar-refractivity contribution in [2.24, 2.45) is 5.73 Å². The second-order valence-corrected chi connectivity index (χ2v) is 5.08. The summed E-state index contributed by atoms with van der Waals surface area (Å²) in [5, 5.41) is 0. The second-order valence-electron chi connectivity index (χ2n) is 5.08. The lowest BCUT2D eigenvalue weighted by atomic mass is 9.73. The monoisotopic (exact) mass is 207 g/mol. The van der Waals surface area contributed by atoms with Crippen LogP contribution >= 0.6 is 0 Å². The minimum Gasteiger partial charge on any atom is -0.325 e. The van der Waals surface area contributed by atoms with Crippen LogP contribution in [0.3, 0.4) is 0 Å². The Morgan fingerprint density at radius 1 is 1.40 bits per heavy atom. The van der Waals surface area contributed by atoms with E-state index in [0.717, 1.165) is 30.4 Å². The van der Waals surface area contributed by atoms with E-state index in [-0.39, 0.29) is 17.3 Å². The zero-order valence-corrected chi connectivity index (χ0v) is 9.39. The van der Waals surface area contributed by atoms with Gasteiger partial charge >= 0.3 is 0 Å². The quantitative estimate of drug-likeness (QED) is 0.752. The largest absolute Gasteiger partial charge is 0.325 e. The zero-order chi connectivity index (χ0) is 11.1. The van der Waals surface area contributed by atoms with Gasteiger partial charge in [0.05, 0.1) is 0 Å². The molecular weight excluding hydrogens is 189 g/mol. The van der Waals surface area contributed by atoms with Crippen molar-refractivity contribution in [3.05, 3.63) is 35.1 Å². The molecule has 1 aromatic rings. The van der Waals surface area contributed by atoms with E-state index in [4.69, 9.17) is 5.73 Å². The second kappa shape index (κ2) is 3.60. The third-order valence-electron chi connectivity index (χ3n) is 3.33. The van der Waals surface area contributed by atoms with Crippen molar-refractivity contribution >= 4 is 0 Å². The molecule has 2 heteroatoms. The molecule has 0 spiro atoms. The molecule has 0 saturated heterocycles. The number of hydrogen-bond acceptors (Lipinski definition) is 1. The maximum atomic E-state index is 13.8. The van der Waals surface area contributed by atoms with Gasteiger partial charge in [0.1, 0.15) is 5.82 Å². The van der Waals surface area contributed by atoms with Crippen LogP contribution in [0.2, 0.25) is 0 Å². The van der Waals surface area contributed by atoms with Gasteiger partial charge in [-0.3, -0.25) is 0 Å². The number of halogens is 1. The number of rotatable bonds is 1. The van der Waals surface area contributed by atoms with E-state index in [2.05, 4.69) is 0 Å². The molecule has 2 N–H and O–H groups in total. The van der Waals surface area contributed by atoms with Crippen molar-refractivity contribution in [1.29, 1.82) is 0 Å². The highest BCUT2D eigenvalue weighted by atomic mass is 19.1. The van der Waals surface area contributed by atoms with Crippen LogP contribution in [0.15, 0.2) is 18.2 Å². The molecule has 0 amide bonds. The summed E-state index contributed by atoms with van der Waals surface area (Å²) in [5.41, 5.74) is 7.79. The summed E-state index contributed by atoms with van der Waals surface area (Å²) in [6.07, 6.45) is 3.10. The van der Waals surface area contributed by atoms with Crippen molar-refractivity contribution in [3.63, 3.8) is 0 Å². The molecule has 0 aromatic heterocycles. The van der Waals surface area contributed by atoms with Crippen LogP contribution in [0.5, 0.6) is 0 Å². The number of fused-ring (bicyclic) bond motifs is 1.